The number of rotatable bonds is 0. The van der Waals surface area contributed by atoms with E-state index < -0.39 is 0 Å². The van der Waals surface area contributed by atoms with Gasteiger partial charge in [0.2, 0.25) is 0 Å². The molecule has 0 saturated carbocycles. The Kier molecular flexibility index (Phi) is 2.95. The molecule has 0 spiro atoms. The highest BCUT2D eigenvalue weighted by molar-refractivity contribution is 8.05. The van der Waals surface area contributed by atoms with Crippen LogP contribution in [0.2, 0.25) is 0 Å². The van der Waals surface area contributed by atoms with Crippen LogP contribution in [-0.2, 0) is 0 Å². The molecule has 1 aliphatic rings. The van der Waals surface area contributed by atoms with Crippen molar-refractivity contribution in [1.82, 2.24) is 0 Å². The van der Waals surface area contributed by atoms with Crippen molar-refractivity contribution in [3.8, 4) is 0 Å². The molecule has 3 rings (SSSR count). The molecule has 1 aliphatic heterocycles. The first-order valence-corrected chi connectivity index (χ1v) is 7.77. The highest BCUT2D eigenvalue weighted by Crippen LogP contribution is 2.52. The number of hydrogen-bond acceptors (Lipinski definition) is 2. The molecule has 0 fully saturated rings. The number of aryl methyl sites for hydroxylation is 4. The summed E-state index contributed by atoms with van der Waals surface area (Å²) < 4.78 is 0. The van der Waals surface area contributed by atoms with E-state index in [1.807, 2.05) is 23.5 Å². The second kappa shape index (κ2) is 4.36. The third-order valence-electron chi connectivity index (χ3n) is 3.42. The van der Waals surface area contributed by atoms with Gasteiger partial charge in [-0.05, 0) is 49.9 Å². The van der Waals surface area contributed by atoms with Crippen molar-refractivity contribution in [2.24, 2.45) is 0 Å². The molecular weight excluding hydrogens is 256 g/mol. The van der Waals surface area contributed by atoms with Crippen molar-refractivity contribution in [2.75, 3.05) is 0 Å². The predicted octanol–water partition coefficient (Wildman–Crippen LogP) is 5.54. The Bertz CT molecular complexity index is 531. The fourth-order valence-electron chi connectivity index (χ4n) is 2.23. The van der Waals surface area contributed by atoms with Crippen LogP contribution in [0, 0.1) is 27.7 Å². The van der Waals surface area contributed by atoms with Gasteiger partial charge >= 0.3 is 0 Å². The summed E-state index contributed by atoms with van der Waals surface area (Å²) in [4.78, 5) is 5.78. The fraction of sp³-hybridized carbons (Fsp3) is 0.250. The lowest BCUT2D eigenvalue weighted by atomic mass is 10.1. The van der Waals surface area contributed by atoms with Crippen LogP contribution in [-0.4, -0.2) is 0 Å². The lowest BCUT2D eigenvalue weighted by molar-refractivity contribution is 1.04. The van der Waals surface area contributed by atoms with Crippen LogP contribution in [0.3, 0.4) is 0 Å². The smallest absolute Gasteiger partial charge is 0.0294 e. The topological polar surface area (TPSA) is 0 Å². The highest BCUT2D eigenvalue weighted by atomic mass is 32.2. The third kappa shape index (κ3) is 1.79. The Hall–Kier alpha value is -0.860. The van der Waals surface area contributed by atoms with Crippen molar-refractivity contribution in [2.45, 2.75) is 47.3 Å². The van der Waals surface area contributed by atoms with Crippen molar-refractivity contribution in [3.05, 3.63) is 46.5 Å². The SMILES string of the molecule is Cc1ccc(C)c2c1Sc1c(C)ccc(C)c1S2. The molecule has 0 nitrogen and oxygen atoms in total. The van der Waals surface area contributed by atoms with E-state index in [2.05, 4.69) is 52.0 Å². The molecule has 2 aromatic rings. The number of hydrogen-bond donors (Lipinski definition) is 0. The van der Waals surface area contributed by atoms with Crippen molar-refractivity contribution >= 4 is 23.5 Å². The number of benzene rings is 2. The van der Waals surface area contributed by atoms with E-state index >= 15 is 0 Å². The zero-order valence-corrected chi connectivity index (χ0v) is 12.8. The van der Waals surface area contributed by atoms with Crippen molar-refractivity contribution < 1.29 is 0 Å². The van der Waals surface area contributed by atoms with Crippen LogP contribution in [0.1, 0.15) is 22.3 Å². The summed E-state index contributed by atoms with van der Waals surface area (Å²) in [6.07, 6.45) is 0. The third-order valence-corrected chi connectivity index (χ3v) is 6.60. The molecule has 18 heavy (non-hydrogen) atoms. The van der Waals surface area contributed by atoms with E-state index in [4.69, 9.17) is 0 Å². The van der Waals surface area contributed by atoms with Crippen LogP contribution < -0.4 is 0 Å². The molecule has 92 valence electrons. The Morgan fingerprint density at radius 2 is 0.722 bits per heavy atom. The maximum absolute atomic E-state index is 2.23. The van der Waals surface area contributed by atoms with Crippen LogP contribution in [0.15, 0.2) is 43.8 Å². The molecule has 0 unspecified atom stereocenters. The van der Waals surface area contributed by atoms with Gasteiger partial charge in [-0.25, -0.2) is 0 Å². The number of fused-ring (bicyclic) bond motifs is 2. The summed E-state index contributed by atoms with van der Waals surface area (Å²) >= 11 is 3.89. The first-order valence-electron chi connectivity index (χ1n) is 6.14. The second-order valence-corrected chi connectivity index (χ2v) is 6.96. The summed E-state index contributed by atoms with van der Waals surface area (Å²) in [6.45, 7) is 8.84. The summed E-state index contributed by atoms with van der Waals surface area (Å²) in [7, 11) is 0. The molecule has 0 bridgehead atoms. The Morgan fingerprint density at radius 1 is 0.500 bits per heavy atom. The van der Waals surface area contributed by atoms with Gasteiger partial charge in [-0.15, -0.1) is 0 Å². The highest BCUT2D eigenvalue weighted by Gasteiger charge is 2.22. The maximum Gasteiger partial charge on any atom is 0.0294 e. The summed E-state index contributed by atoms with van der Waals surface area (Å²) in [5, 5.41) is 0. The van der Waals surface area contributed by atoms with Gasteiger partial charge in [0.25, 0.3) is 0 Å². The van der Waals surface area contributed by atoms with Gasteiger partial charge in [0.15, 0.2) is 0 Å². The molecule has 0 radical (unpaired) electrons. The average molecular weight is 272 g/mol. The van der Waals surface area contributed by atoms with Crippen LogP contribution >= 0.6 is 23.5 Å². The Balaban J connectivity index is 2.24. The summed E-state index contributed by atoms with van der Waals surface area (Å²) in [6, 6.07) is 8.94. The van der Waals surface area contributed by atoms with Gasteiger partial charge in [0.05, 0.1) is 0 Å². The lowest BCUT2D eigenvalue weighted by Gasteiger charge is -2.24. The van der Waals surface area contributed by atoms with Gasteiger partial charge < -0.3 is 0 Å². The zero-order valence-electron chi connectivity index (χ0n) is 11.1. The Morgan fingerprint density at radius 3 is 0.944 bits per heavy atom. The van der Waals surface area contributed by atoms with Gasteiger partial charge in [-0.3, -0.25) is 0 Å². The van der Waals surface area contributed by atoms with Gasteiger partial charge in [0, 0.05) is 19.6 Å². The van der Waals surface area contributed by atoms with E-state index in [0.29, 0.717) is 0 Å². The molecule has 0 atom stereocenters. The minimum atomic E-state index is 1.39. The predicted molar refractivity (Wildman–Crippen MR) is 80.1 cm³/mol. The zero-order chi connectivity index (χ0) is 12.9. The van der Waals surface area contributed by atoms with Crippen molar-refractivity contribution in [1.29, 1.82) is 0 Å². The quantitative estimate of drug-likeness (QED) is 0.527. The first kappa shape index (κ1) is 12.2. The molecule has 2 aromatic carbocycles. The molecule has 0 N–H and O–H groups in total. The second-order valence-electron chi connectivity index (χ2n) is 4.92. The molecule has 1 heterocycles. The minimum absolute atomic E-state index is 1.39. The fourth-order valence-corrected chi connectivity index (χ4v) is 5.07. The lowest BCUT2D eigenvalue weighted by Crippen LogP contribution is -1.98. The average Bonchev–Trinajstić information content (AvgIpc) is 2.37. The molecule has 0 aliphatic carbocycles. The van der Waals surface area contributed by atoms with Crippen LogP contribution in [0.5, 0.6) is 0 Å². The van der Waals surface area contributed by atoms with E-state index in [0.717, 1.165) is 0 Å². The van der Waals surface area contributed by atoms with Crippen LogP contribution in [0.4, 0.5) is 0 Å². The normalized spacial score (nSPS) is 13.1. The summed E-state index contributed by atoms with van der Waals surface area (Å²) in [5.41, 5.74) is 5.55. The monoisotopic (exact) mass is 272 g/mol. The van der Waals surface area contributed by atoms with Crippen molar-refractivity contribution in [3.63, 3.8) is 0 Å². The Labute approximate surface area is 117 Å². The van der Waals surface area contributed by atoms with E-state index in [1.54, 1.807) is 0 Å². The van der Waals surface area contributed by atoms with E-state index in [9.17, 15) is 0 Å². The van der Waals surface area contributed by atoms with E-state index in [1.165, 1.54) is 41.8 Å². The molecule has 0 aromatic heterocycles. The largest absolute Gasteiger partial charge is 0.0871 e. The molecular formula is C16H16S2. The maximum atomic E-state index is 2.23. The van der Waals surface area contributed by atoms with Gasteiger partial charge in [0.1, 0.15) is 0 Å². The van der Waals surface area contributed by atoms with E-state index in [-0.39, 0.29) is 0 Å². The van der Waals surface area contributed by atoms with Gasteiger partial charge in [-0.1, -0.05) is 47.8 Å². The summed E-state index contributed by atoms with van der Waals surface area (Å²) in [5.74, 6) is 0. The first-order chi connectivity index (χ1) is 8.58. The molecule has 0 amide bonds. The van der Waals surface area contributed by atoms with Gasteiger partial charge in [-0.2, -0.15) is 0 Å². The molecule has 2 heteroatoms. The minimum Gasteiger partial charge on any atom is -0.0871 e. The van der Waals surface area contributed by atoms with Crippen LogP contribution in [0.25, 0.3) is 0 Å². The standard InChI is InChI=1S/C16H16S2/c1-9-5-6-10(2)14-13(9)17-15-11(3)7-8-12(4)16(15)18-14/h5-8H,1-4H3. The molecule has 0 saturated heterocycles.